The largest absolute Gasteiger partial charge is 0.399 e. The molecule has 0 radical (unpaired) electrons. The zero-order chi connectivity index (χ0) is 18.9. The van der Waals surface area contributed by atoms with E-state index in [0.29, 0.717) is 18.1 Å². The van der Waals surface area contributed by atoms with Crippen LogP contribution in [0.3, 0.4) is 0 Å². The van der Waals surface area contributed by atoms with Gasteiger partial charge in [-0.15, -0.1) is 0 Å². The standard InChI is InChI=1S/C19H25N5O2/c1-13-12-14(2)21-19(20-13)16(4)24-26-11-7-9-17-8-6-10-18(22-17)15(3)23-25-5/h6,8,10,12H,7,9,11H2,1-5H3/b23-15+,24-16+. The number of aromatic nitrogens is 3. The van der Waals surface area contributed by atoms with Crippen LogP contribution in [-0.2, 0) is 16.1 Å². The number of rotatable bonds is 8. The Morgan fingerprint density at radius 2 is 1.73 bits per heavy atom. The summed E-state index contributed by atoms with van der Waals surface area (Å²) < 4.78 is 0. The minimum Gasteiger partial charge on any atom is -0.399 e. The lowest BCUT2D eigenvalue weighted by Crippen LogP contribution is -2.06. The van der Waals surface area contributed by atoms with E-state index in [9.17, 15) is 0 Å². The number of pyridine rings is 1. The molecule has 0 aliphatic carbocycles. The summed E-state index contributed by atoms with van der Waals surface area (Å²) in [5.41, 5.74) is 5.05. The molecule has 0 spiro atoms. The summed E-state index contributed by atoms with van der Waals surface area (Å²) in [5, 5.41) is 8.02. The van der Waals surface area contributed by atoms with Gasteiger partial charge in [-0.1, -0.05) is 16.4 Å². The molecular weight excluding hydrogens is 330 g/mol. The molecule has 138 valence electrons. The Bertz CT molecular complexity index is 782. The molecule has 0 aliphatic rings. The van der Waals surface area contributed by atoms with Crippen molar-refractivity contribution in [1.82, 2.24) is 15.0 Å². The van der Waals surface area contributed by atoms with Gasteiger partial charge in [0.1, 0.15) is 25.1 Å². The first-order chi connectivity index (χ1) is 12.5. The van der Waals surface area contributed by atoms with Gasteiger partial charge in [0.15, 0.2) is 5.82 Å². The summed E-state index contributed by atoms with van der Waals surface area (Å²) in [7, 11) is 1.52. The number of aryl methyl sites for hydroxylation is 3. The van der Waals surface area contributed by atoms with E-state index in [0.717, 1.165) is 41.3 Å². The number of hydrogen-bond acceptors (Lipinski definition) is 7. The molecule has 2 aromatic heterocycles. The van der Waals surface area contributed by atoms with E-state index in [1.165, 1.54) is 7.11 Å². The minimum atomic E-state index is 0.499. The third kappa shape index (κ3) is 5.91. The van der Waals surface area contributed by atoms with Crippen molar-refractivity contribution in [3.05, 3.63) is 52.9 Å². The molecule has 0 N–H and O–H groups in total. The number of oxime groups is 2. The Morgan fingerprint density at radius 3 is 2.42 bits per heavy atom. The molecule has 2 aromatic rings. The van der Waals surface area contributed by atoms with E-state index in [1.54, 1.807) is 0 Å². The summed E-state index contributed by atoms with van der Waals surface area (Å²) in [4.78, 5) is 23.5. The van der Waals surface area contributed by atoms with Crippen LogP contribution in [0.2, 0.25) is 0 Å². The minimum absolute atomic E-state index is 0.499. The lowest BCUT2D eigenvalue weighted by atomic mass is 10.2. The Morgan fingerprint density at radius 1 is 1.00 bits per heavy atom. The molecule has 0 saturated heterocycles. The van der Waals surface area contributed by atoms with Gasteiger partial charge in [-0.3, -0.25) is 4.98 Å². The maximum atomic E-state index is 5.40. The van der Waals surface area contributed by atoms with E-state index in [2.05, 4.69) is 25.3 Å². The summed E-state index contributed by atoms with van der Waals surface area (Å²) in [6.07, 6.45) is 1.60. The molecule has 7 heteroatoms. The van der Waals surface area contributed by atoms with Crippen LogP contribution in [0.5, 0.6) is 0 Å². The molecule has 7 nitrogen and oxygen atoms in total. The smallest absolute Gasteiger partial charge is 0.177 e. The zero-order valence-electron chi connectivity index (χ0n) is 16.0. The van der Waals surface area contributed by atoms with Crippen molar-refractivity contribution in [3.63, 3.8) is 0 Å². The summed E-state index contributed by atoms with van der Waals surface area (Å²) in [6, 6.07) is 7.79. The van der Waals surface area contributed by atoms with E-state index in [-0.39, 0.29) is 0 Å². The van der Waals surface area contributed by atoms with Gasteiger partial charge in [0.2, 0.25) is 0 Å². The van der Waals surface area contributed by atoms with Crippen molar-refractivity contribution in [2.45, 2.75) is 40.5 Å². The van der Waals surface area contributed by atoms with Crippen LogP contribution < -0.4 is 0 Å². The first kappa shape index (κ1) is 19.5. The van der Waals surface area contributed by atoms with Gasteiger partial charge >= 0.3 is 0 Å². The second kappa shape index (κ2) is 9.60. The molecule has 2 heterocycles. The normalized spacial score (nSPS) is 12.2. The molecule has 0 atom stereocenters. The van der Waals surface area contributed by atoms with Gasteiger partial charge in [0.05, 0.1) is 5.69 Å². The molecule has 0 aromatic carbocycles. The Hall–Kier alpha value is -2.83. The average Bonchev–Trinajstić information content (AvgIpc) is 2.61. The van der Waals surface area contributed by atoms with Crippen LogP contribution in [0.1, 0.15) is 48.9 Å². The van der Waals surface area contributed by atoms with Crippen molar-refractivity contribution in [2.75, 3.05) is 13.7 Å². The van der Waals surface area contributed by atoms with Gasteiger partial charge in [0, 0.05) is 17.1 Å². The molecule has 0 unspecified atom stereocenters. The molecule has 2 rings (SSSR count). The van der Waals surface area contributed by atoms with Crippen LogP contribution in [0, 0.1) is 13.8 Å². The second-order valence-corrected chi connectivity index (χ2v) is 5.96. The average molecular weight is 355 g/mol. The van der Waals surface area contributed by atoms with Gasteiger partial charge < -0.3 is 9.68 Å². The van der Waals surface area contributed by atoms with Crippen molar-refractivity contribution in [1.29, 1.82) is 0 Å². The molecule has 0 aliphatic heterocycles. The second-order valence-electron chi connectivity index (χ2n) is 5.96. The van der Waals surface area contributed by atoms with Crippen LogP contribution >= 0.6 is 0 Å². The highest BCUT2D eigenvalue weighted by Crippen LogP contribution is 2.05. The van der Waals surface area contributed by atoms with Gasteiger partial charge in [-0.25, -0.2) is 9.97 Å². The summed E-state index contributed by atoms with van der Waals surface area (Å²) >= 11 is 0. The first-order valence-corrected chi connectivity index (χ1v) is 8.53. The third-order valence-electron chi connectivity index (χ3n) is 3.58. The fourth-order valence-electron chi connectivity index (χ4n) is 2.39. The van der Waals surface area contributed by atoms with Gasteiger partial charge in [-0.2, -0.15) is 0 Å². The van der Waals surface area contributed by atoms with Gasteiger partial charge in [0.25, 0.3) is 0 Å². The topological polar surface area (TPSA) is 81.9 Å². The van der Waals surface area contributed by atoms with Crippen LogP contribution in [0.15, 0.2) is 34.6 Å². The van der Waals surface area contributed by atoms with E-state index in [1.807, 2.05) is 52.0 Å². The fraction of sp³-hybridized carbons (Fsp3) is 0.421. The molecule has 0 amide bonds. The number of hydrogen-bond donors (Lipinski definition) is 0. The molecule has 0 fully saturated rings. The molecule has 0 bridgehead atoms. The highest BCUT2D eigenvalue weighted by Gasteiger charge is 2.05. The number of nitrogens with zero attached hydrogens (tertiary/aromatic N) is 5. The monoisotopic (exact) mass is 355 g/mol. The highest BCUT2D eigenvalue weighted by molar-refractivity contribution is 5.96. The molecule has 26 heavy (non-hydrogen) atoms. The quantitative estimate of drug-likeness (QED) is 0.412. The van der Waals surface area contributed by atoms with Crippen LogP contribution in [0.4, 0.5) is 0 Å². The van der Waals surface area contributed by atoms with Crippen LogP contribution in [0.25, 0.3) is 0 Å². The Labute approximate surface area is 154 Å². The maximum absolute atomic E-state index is 5.40. The summed E-state index contributed by atoms with van der Waals surface area (Å²) in [5.74, 6) is 0.602. The van der Waals surface area contributed by atoms with Crippen LogP contribution in [-0.4, -0.2) is 40.1 Å². The lowest BCUT2D eigenvalue weighted by molar-refractivity contribution is 0.141. The first-order valence-electron chi connectivity index (χ1n) is 8.53. The molecule has 0 saturated carbocycles. The fourth-order valence-corrected chi connectivity index (χ4v) is 2.39. The predicted molar refractivity (Wildman–Crippen MR) is 101 cm³/mol. The van der Waals surface area contributed by atoms with E-state index >= 15 is 0 Å². The SMILES string of the molecule is CO/N=C(\C)c1cccc(CCCO/N=C(\C)c2nc(C)cc(C)n2)n1. The molecular formula is C19H25N5O2. The zero-order valence-corrected chi connectivity index (χ0v) is 16.0. The van der Waals surface area contributed by atoms with Crippen molar-refractivity contribution in [2.24, 2.45) is 10.3 Å². The third-order valence-corrected chi connectivity index (χ3v) is 3.58. The Kier molecular flexibility index (Phi) is 7.20. The van der Waals surface area contributed by atoms with E-state index < -0.39 is 0 Å². The summed E-state index contributed by atoms with van der Waals surface area (Å²) in [6.45, 7) is 8.08. The van der Waals surface area contributed by atoms with Gasteiger partial charge in [-0.05, 0) is 58.7 Å². The van der Waals surface area contributed by atoms with Crippen molar-refractivity contribution < 1.29 is 9.68 Å². The maximum Gasteiger partial charge on any atom is 0.177 e. The highest BCUT2D eigenvalue weighted by atomic mass is 16.6. The predicted octanol–water partition coefficient (Wildman–Crippen LogP) is 3.23. The van der Waals surface area contributed by atoms with Crippen molar-refractivity contribution in [3.8, 4) is 0 Å². The lowest BCUT2D eigenvalue weighted by Gasteiger charge is -2.05. The van der Waals surface area contributed by atoms with E-state index in [4.69, 9.17) is 9.68 Å². The Balaban J connectivity index is 1.85. The van der Waals surface area contributed by atoms with Crippen molar-refractivity contribution >= 4 is 11.4 Å².